The number of rotatable bonds is 8. The van der Waals surface area contributed by atoms with Crippen molar-refractivity contribution in [2.75, 3.05) is 18.6 Å². The zero-order valence-electron chi connectivity index (χ0n) is 10.7. The Bertz CT molecular complexity index is 506. The molecule has 4 nitrogen and oxygen atoms in total. The zero-order chi connectivity index (χ0) is 14.3. The molecular formula is C12H18ClNO3S2. The number of thioether (sulfide) groups is 1. The van der Waals surface area contributed by atoms with Crippen molar-refractivity contribution in [3.63, 3.8) is 0 Å². The Morgan fingerprint density at radius 3 is 2.74 bits per heavy atom. The number of nitrogens with one attached hydrogen (secondary N) is 1. The third-order valence-corrected chi connectivity index (χ3v) is 5.09. The van der Waals surface area contributed by atoms with Gasteiger partial charge in [-0.05, 0) is 48.6 Å². The molecule has 0 atom stereocenters. The van der Waals surface area contributed by atoms with E-state index in [9.17, 15) is 8.42 Å². The molecule has 0 unspecified atom stereocenters. The van der Waals surface area contributed by atoms with Crippen molar-refractivity contribution in [1.29, 1.82) is 0 Å². The van der Waals surface area contributed by atoms with Gasteiger partial charge in [-0.15, -0.1) is 0 Å². The average molecular weight is 324 g/mol. The molecule has 0 aliphatic rings. The van der Waals surface area contributed by atoms with Gasteiger partial charge in [-0.1, -0.05) is 11.6 Å². The lowest BCUT2D eigenvalue weighted by molar-refractivity contribution is 0.281. The molecule has 0 aliphatic heterocycles. The molecule has 0 heterocycles. The van der Waals surface area contributed by atoms with Crippen LogP contribution in [0.25, 0.3) is 0 Å². The second-order valence-electron chi connectivity index (χ2n) is 4.01. The molecule has 2 N–H and O–H groups in total. The van der Waals surface area contributed by atoms with E-state index in [-0.39, 0.29) is 11.5 Å². The SMILES string of the molecule is CSCCCCNS(=O)(=O)c1ccc(Cl)c(CO)c1. The number of aliphatic hydroxyl groups is 1. The molecule has 0 saturated carbocycles. The normalized spacial score (nSPS) is 11.7. The van der Waals surface area contributed by atoms with Crippen LogP contribution in [0.5, 0.6) is 0 Å². The van der Waals surface area contributed by atoms with Gasteiger partial charge in [-0.3, -0.25) is 0 Å². The summed E-state index contributed by atoms with van der Waals surface area (Å²) in [4.78, 5) is 0.130. The maximum atomic E-state index is 12.0. The fourth-order valence-corrected chi connectivity index (χ4v) is 3.30. The summed E-state index contributed by atoms with van der Waals surface area (Å²) < 4.78 is 26.5. The highest BCUT2D eigenvalue weighted by molar-refractivity contribution is 7.98. The summed E-state index contributed by atoms with van der Waals surface area (Å²) >= 11 is 7.57. The third-order valence-electron chi connectivity index (χ3n) is 2.57. The second kappa shape index (κ2) is 8.11. The van der Waals surface area contributed by atoms with Gasteiger partial charge in [0.2, 0.25) is 10.0 Å². The van der Waals surface area contributed by atoms with Crippen LogP contribution < -0.4 is 4.72 Å². The first-order chi connectivity index (χ1) is 9.01. The molecule has 0 aromatic heterocycles. The number of benzene rings is 1. The Morgan fingerprint density at radius 1 is 1.37 bits per heavy atom. The first kappa shape index (κ1) is 16.8. The van der Waals surface area contributed by atoms with Crippen molar-refractivity contribution < 1.29 is 13.5 Å². The van der Waals surface area contributed by atoms with E-state index in [2.05, 4.69) is 4.72 Å². The quantitative estimate of drug-likeness (QED) is 0.720. The van der Waals surface area contributed by atoms with E-state index in [0.717, 1.165) is 18.6 Å². The highest BCUT2D eigenvalue weighted by Gasteiger charge is 2.14. The molecule has 7 heteroatoms. The predicted molar refractivity (Wildman–Crippen MR) is 80.2 cm³/mol. The van der Waals surface area contributed by atoms with E-state index < -0.39 is 10.0 Å². The molecule has 0 bridgehead atoms. The lowest BCUT2D eigenvalue weighted by Crippen LogP contribution is -2.25. The van der Waals surface area contributed by atoms with Crippen LogP contribution in [0.3, 0.4) is 0 Å². The van der Waals surface area contributed by atoms with Crippen molar-refractivity contribution in [3.8, 4) is 0 Å². The molecule has 0 aliphatic carbocycles. The third kappa shape index (κ3) is 5.31. The number of sulfonamides is 1. The Morgan fingerprint density at radius 2 is 2.11 bits per heavy atom. The number of hydrogen-bond acceptors (Lipinski definition) is 4. The van der Waals surface area contributed by atoms with Gasteiger partial charge < -0.3 is 5.11 Å². The fraction of sp³-hybridized carbons (Fsp3) is 0.500. The Kier molecular flexibility index (Phi) is 7.17. The maximum Gasteiger partial charge on any atom is 0.240 e. The van der Waals surface area contributed by atoms with E-state index in [0.29, 0.717) is 17.1 Å². The molecule has 1 aromatic rings. The van der Waals surface area contributed by atoms with Gasteiger partial charge in [0, 0.05) is 11.6 Å². The Labute approximate surface area is 123 Å². The molecule has 19 heavy (non-hydrogen) atoms. The molecule has 0 saturated heterocycles. The number of aliphatic hydroxyl groups excluding tert-OH is 1. The molecule has 0 fully saturated rings. The van der Waals surface area contributed by atoms with Gasteiger partial charge >= 0.3 is 0 Å². The molecule has 1 aromatic carbocycles. The van der Waals surface area contributed by atoms with Crippen molar-refractivity contribution in [2.45, 2.75) is 24.3 Å². The number of hydrogen-bond donors (Lipinski definition) is 2. The Balaban J connectivity index is 2.67. The average Bonchev–Trinajstić information content (AvgIpc) is 2.38. The summed E-state index contributed by atoms with van der Waals surface area (Å²) in [6.45, 7) is 0.135. The monoisotopic (exact) mass is 323 g/mol. The van der Waals surface area contributed by atoms with Gasteiger partial charge in [0.1, 0.15) is 0 Å². The summed E-state index contributed by atoms with van der Waals surface area (Å²) in [5, 5.41) is 9.44. The van der Waals surface area contributed by atoms with Gasteiger partial charge in [-0.25, -0.2) is 13.1 Å². The van der Waals surface area contributed by atoms with Crippen molar-refractivity contribution in [1.82, 2.24) is 4.72 Å². The molecule has 0 spiro atoms. The molecule has 108 valence electrons. The van der Waals surface area contributed by atoms with Crippen LogP contribution in [-0.4, -0.2) is 32.1 Å². The summed E-state index contributed by atoms with van der Waals surface area (Å²) in [6, 6.07) is 4.31. The minimum atomic E-state index is -3.52. The first-order valence-corrected chi connectivity index (χ1v) is 9.14. The standard InChI is InChI=1S/C12H18ClNO3S2/c1-18-7-3-2-6-14-19(16,17)11-4-5-12(13)10(8-11)9-15/h4-5,8,14-15H,2-3,6-7,9H2,1H3. The van der Waals surface area contributed by atoms with Crippen molar-refractivity contribution in [3.05, 3.63) is 28.8 Å². The topological polar surface area (TPSA) is 66.4 Å². The molecular weight excluding hydrogens is 306 g/mol. The zero-order valence-corrected chi connectivity index (χ0v) is 13.1. The minimum absolute atomic E-state index is 0.130. The maximum absolute atomic E-state index is 12.0. The van der Waals surface area contributed by atoms with Crippen LogP contribution in [0.4, 0.5) is 0 Å². The molecule has 0 amide bonds. The lowest BCUT2D eigenvalue weighted by Gasteiger charge is -2.08. The molecule has 0 radical (unpaired) electrons. The van der Waals surface area contributed by atoms with E-state index in [1.165, 1.54) is 18.2 Å². The summed E-state index contributed by atoms with van der Waals surface area (Å²) in [6.07, 6.45) is 3.81. The fourth-order valence-electron chi connectivity index (χ4n) is 1.50. The number of unbranched alkanes of at least 4 members (excludes halogenated alkanes) is 1. The van der Waals surface area contributed by atoms with Crippen LogP contribution in [0.2, 0.25) is 5.02 Å². The van der Waals surface area contributed by atoms with E-state index in [1.54, 1.807) is 11.8 Å². The predicted octanol–water partition coefficient (Wildman–Crippen LogP) is 2.25. The van der Waals surface area contributed by atoms with E-state index >= 15 is 0 Å². The second-order valence-corrected chi connectivity index (χ2v) is 7.17. The van der Waals surface area contributed by atoms with Gasteiger partial charge in [-0.2, -0.15) is 11.8 Å². The van der Waals surface area contributed by atoms with Crippen molar-refractivity contribution in [2.24, 2.45) is 0 Å². The number of halogens is 1. The van der Waals surface area contributed by atoms with Crippen molar-refractivity contribution >= 4 is 33.4 Å². The largest absolute Gasteiger partial charge is 0.392 e. The highest BCUT2D eigenvalue weighted by Crippen LogP contribution is 2.20. The smallest absolute Gasteiger partial charge is 0.240 e. The highest BCUT2D eigenvalue weighted by atomic mass is 35.5. The summed E-state index contributed by atoms with van der Waals surface area (Å²) in [5.41, 5.74) is 0.409. The van der Waals surface area contributed by atoms with Crippen LogP contribution in [0.1, 0.15) is 18.4 Å². The first-order valence-electron chi connectivity index (χ1n) is 5.89. The van der Waals surface area contributed by atoms with E-state index in [1.807, 2.05) is 6.26 Å². The van der Waals surface area contributed by atoms with Gasteiger partial charge in [0.15, 0.2) is 0 Å². The Hall–Kier alpha value is -0.270. The summed E-state index contributed by atoms with van der Waals surface area (Å²) in [7, 11) is -3.52. The van der Waals surface area contributed by atoms with Gasteiger partial charge in [0.25, 0.3) is 0 Å². The van der Waals surface area contributed by atoms with Crippen LogP contribution in [0, 0.1) is 0 Å². The summed E-state index contributed by atoms with van der Waals surface area (Å²) in [5.74, 6) is 1.03. The van der Waals surface area contributed by atoms with Crippen LogP contribution in [0.15, 0.2) is 23.1 Å². The lowest BCUT2D eigenvalue weighted by atomic mass is 10.2. The van der Waals surface area contributed by atoms with Crippen LogP contribution in [-0.2, 0) is 16.6 Å². The van der Waals surface area contributed by atoms with Gasteiger partial charge in [0.05, 0.1) is 11.5 Å². The van der Waals surface area contributed by atoms with Crippen LogP contribution >= 0.6 is 23.4 Å². The molecule has 1 rings (SSSR count). The minimum Gasteiger partial charge on any atom is -0.392 e. The van der Waals surface area contributed by atoms with E-state index in [4.69, 9.17) is 16.7 Å².